The topological polar surface area (TPSA) is 51.3 Å². The number of nitrogens with two attached hydrogens (primary N) is 1. The smallest absolute Gasteiger partial charge is 0.164 e. The number of benzene rings is 1. The monoisotopic (exact) mass is 361 g/mol. The number of hydrogen-bond donors (Lipinski definition) is 1. The highest BCUT2D eigenvalue weighted by atomic mass is 79.9. The largest absolute Gasteiger partial charge is 0.396 e. The van der Waals surface area contributed by atoms with E-state index in [0.717, 1.165) is 10.7 Å². The summed E-state index contributed by atoms with van der Waals surface area (Å²) in [6.45, 7) is 0. The second-order valence-electron chi connectivity index (χ2n) is 3.60. The van der Waals surface area contributed by atoms with Crippen LogP contribution in [0.1, 0.15) is 5.56 Å². The Labute approximate surface area is 127 Å². The van der Waals surface area contributed by atoms with Crippen LogP contribution in [0.15, 0.2) is 34.0 Å². The van der Waals surface area contributed by atoms with Crippen LogP contribution in [-0.4, -0.2) is 11.2 Å². The van der Waals surface area contributed by atoms with Crippen LogP contribution in [0, 0.1) is 5.82 Å². The van der Waals surface area contributed by atoms with Crippen LogP contribution in [0.5, 0.6) is 0 Å². The predicted molar refractivity (Wildman–Crippen MR) is 80.0 cm³/mol. The third-order valence-corrected chi connectivity index (χ3v) is 3.32. The molecule has 0 saturated heterocycles. The number of aromatic nitrogens is 1. The summed E-state index contributed by atoms with van der Waals surface area (Å²) in [7, 11) is 0. The van der Waals surface area contributed by atoms with Crippen molar-refractivity contribution in [1.82, 2.24) is 4.98 Å². The van der Waals surface area contributed by atoms with Crippen molar-refractivity contribution in [3.8, 4) is 0 Å². The molecular formula is C12H7BrCl2FN3. The van der Waals surface area contributed by atoms with Crippen LogP contribution >= 0.6 is 39.1 Å². The van der Waals surface area contributed by atoms with E-state index < -0.39 is 5.82 Å². The van der Waals surface area contributed by atoms with E-state index >= 15 is 0 Å². The fourth-order valence-corrected chi connectivity index (χ4v) is 2.66. The van der Waals surface area contributed by atoms with E-state index in [0.29, 0.717) is 21.3 Å². The molecule has 98 valence electrons. The summed E-state index contributed by atoms with van der Waals surface area (Å²) in [5.41, 5.74) is 6.28. The number of nitrogens with zero attached hydrogens (tertiary/aromatic N) is 2. The highest BCUT2D eigenvalue weighted by Crippen LogP contribution is 2.36. The molecule has 1 aromatic carbocycles. The van der Waals surface area contributed by atoms with Crippen molar-refractivity contribution < 1.29 is 4.39 Å². The molecule has 1 aromatic heterocycles. The Hall–Kier alpha value is -1.17. The van der Waals surface area contributed by atoms with Gasteiger partial charge in [-0.25, -0.2) is 4.39 Å². The molecule has 19 heavy (non-hydrogen) atoms. The van der Waals surface area contributed by atoms with Crippen LogP contribution in [0.3, 0.4) is 0 Å². The molecule has 0 amide bonds. The van der Waals surface area contributed by atoms with Gasteiger partial charge in [-0.2, -0.15) is 0 Å². The Balaban J connectivity index is 2.41. The molecule has 0 saturated carbocycles. The quantitative estimate of drug-likeness (QED) is 0.792. The third kappa shape index (κ3) is 3.23. The zero-order valence-corrected chi connectivity index (χ0v) is 12.5. The van der Waals surface area contributed by atoms with E-state index in [9.17, 15) is 4.39 Å². The lowest BCUT2D eigenvalue weighted by Gasteiger charge is -2.03. The van der Waals surface area contributed by atoms with E-state index in [1.165, 1.54) is 12.4 Å². The molecule has 0 unspecified atom stereocenters. The van der Waals surface area contributed by atoms with Crippen molar-refractivity contribution in [2.45, 2.75) is 0 Å². The highest BCUT2D eigenvalue weighted by molar-refractivity contribution is 9.10. The minimum atomic E-state index is -0.600. The Bertz CT molecular complexity index is 638. The Morgan fingerprint density at radius 2 is 1.89 bits per heavy atom. The number of hydrogen-bond acceptors (Lipinski definition) is 3. The lowest BCUT2D eigenvalue weighted by Crippen LogP contribution is -1.98. The van der Waals surface area contributed by atoms with Gasteiger partial charge in [0.2, 0.25) is 0 Å². The minimum Gasteiger partial charge on any atom is -0.396 e. The van der Waals surface area contributed by atoms with E-state index in [2.05, 4.69) is 25.9 Å². The highest BCUT2D eigenvalue weighted by Gasteiger charge is 2.07. The lowest BCUT2D eigenvalue weighted by atomic mass is 10.2. The number of nitrogen functional groups attached to an aromatic ring is 1. The molecule has 0 aliphatic rings. The first-order valence-electron chi connectivity index (χ1n) is 5.06. The average molecular weight is 363 g/mol. The first-order valence-corrected chi connectivity index (χ1v) is 6.61. The number of pyridine rings is 1. The van der Waals surface area contributed by atoms with Crippen molar-refractivity contribution >= 4 is 56.7 Å². The molecule has 0 bridgehead atoms. The summed E-state index contributed by atoms with van der Waals surface area (Å²) in [5.74, 6) is -0.600. The van der Waals surface area contributed by atoms with Gasteiger partial charge in [0.1, 0.15) is 5.69 Å². The molecular weight excluding hydrogens is 356 g/mol. The molecule has 3 nitrogen and oxygen atoms in total. The summed E-state index contributed by atoms with van der Waals surface area (Å²) >= 11 is 15.3. The molecule has 2 aromatic rings. The molecule has 1 heterocycles. The van der Waals surface area contributed by atoms with Crippen LogP contribution in [0.4, 0.5) is 15.8 Å². The summed E-state index contributed by atoms with van der Waals surface area (Å²) < 4.78 is 14.0. The molecule has 0 fully saturated rings. The van der Waals surface area contributed by atoms with E-state index in [1.807, 2.05) is 0 Å². The van der Waals surface area contributed by atoms with Gasteiger partial charge in [-0.05, 0) is 12.1 Å². The summed E-state index contributed by atoms with van der Waals surface area (Å²) in [5, 5.41) is 0.747. The van der Waals surface area contributed by atoms with Gasteiger partial charge in [0.15, 0.2) is 5.82 Å². The van der Waals surface area contributed by atoms with E-state index in [1.54, 1.807) is 12.1 Å². The zero-order valence-electron chi connectivity index (χ0n) is 9.37. The summed E-state index contributed by atoms with van der Waals surface area (Å²) in [6, 6.07) is 3.32. The summed E-state index contributed by atoms with van der Waals surface area (Å²) in [4.78, 5) is 7.82. The maximum absolute atomic E-state index is 13.2. The lowest BCUT2D eigenvalue weighted by molar-refractivity contribution is 0.626. The Morgan fingerprint density at radius 3 is 2.53 bits per heavy atom. The van der Waals surface area contributed by atoms with Crippen molar-refractivity contribution in [2.24, 2.45) is 4.99 Å². The maximum Gasteiger partial charge on any atom is 0.164 e. The molecule has 2 N–H and O–H groups in total. The van der Waals surface area contributed by atoms with E-state index in [-0.39, 0.29) is 5.69 Å². The van der Waals surface area contributed by atoms with Crippen LogP contribution in [0.2, 0.25) is 10.0 Å². The van der Waals surface area contributed by atoms with Crippen LogP contribution < -0.4 is 5.73 Å². The SMILES string of the molecule is Nc1c(F)cncc1C=Nc1c(Cl)cc(Br)cc1Cl. The predicted octanol–water partition coefficient (Wildman–Crippen LogP) is 4.62. The minimum absolute atomic E-state index is 0.0249. The van der Waals surface area contributed by atoms with Gasteiger partial charge in [-0.1, -0.05) is 39.1 Å². The molecule has 2 rings (SSSR count). The van der Waals surface area contributed by atoms with Gasteiger partial charge in [0.25, 0.3) is 0 Å². The van der Waals surface area contributed by atoms with Crippen LogP contribution in [-0.2, 0) is 0 Å². The maximum atomic E-state index is 13.2. The molecule has 0 aliphatic carbocycles. The van der Waals surface area contributed by atoms with Crippen molar-refractivity contribution in [3.05, 3.63) is 50.4 Å². The van der Waals surface area contributed by atoms with Gasteiger partial charge in [0, 0.05) is 22.4 Å². The summed E-state index contributed by atoms with van der Waals surface area (Å²) in [6.07, 6.45) is 3.81. The van der Waals surface area contributed by atoms with Gasteiger partial charge < -0.3 is 5.73 Å². The fourth-order valence-electron chi connectivity index (χ4n) is 1.35. The number of aliphatic imine (C=N–C) groups is 1. The standard InChI is InChI=1S/C12H7BrCl2FN3/c13-7-1-8(14)12(9(15)2-7)19-4-6-3-18-5-10(16)11(6)17/h1-5H,(H2,17,18). The molecule has 0 atom stereocenters. The van der Waals surface area contributed by atoms with Gasteiger partial charge in [-0.15, -0.1) is 0 Å². The Morgan fingerprint density at radius 1 is 1.26 bits per heavy atom. The van der Waals surface area contributed by atoms with Crippen molar-refractivity contribution in [2.75, 3.05) is 5.73 Å². The van der Waals surface area contributed by atoms with Crippen molar-refractivity contribution in [1.29, 1.82) is 0 Å². The average Bonchev–Trinajstić information content (AvgIpc) is 2.33. The first kappa shape index (κ1) is 14.2. The van der Waals surface area contributed by atoms with E-state index in [4.69, 9.17) is 28.9 Å². The normalized spacial score (nSPS) is 11.2. The van der Waals surface area contributed by atoms with Gasteiger partial charge in [-0.3, -0.25) is 9.98 Å². The molecule has 0 radical (unpaired) electrons. The van der Waals surface area contributed by atoms with Gasteiger partial charge >= 0.3 is 0 Å². The molecule has 7 heteroatoms. The fraction of sp³-hybridized carbons (Fsp3) is 0. The third-order valence-electron chi connectivity index (χ3n) is 2.28. The zero-order chi connectivity index (χ0) is 14.0. The first-order chi connectivity index (χ1) is 8.99. The number of rotatable bonds is 2. The number of anilines is 1. The Kier molecular flexibility index (Phi) is 4.39. The number of halogens is 4. The van der Waals surface area contributed by atoms with Gasteiger partial charge in [0.05, 0.1) is 21.9 Å². The van der Waals surface area contributed by atoms with Crippen LogP contribution in [0.25, 0.3) is 0 Å². The molecule has 0 spiro atoms. The second kappa shape index (κ2) is 5.86. The molecule has 0 aliphatic heterocycles. The van der Waals surface area contributed by atoms with Crippen molar-refractivity contribution in [3.63, 3.8) is 0 Å². The second-order valence-corrected chi connectivity index (χ2v) is 5.33.